The Balaban J connectivity index is 1.80. The molecule has 1 saturated heterocycles. The number of rotatable bonds is 5. The number of aryl methyl sites for hydroxylation is 2. The fourth-order valence-corrected chi connectivity index (χ4v) is 4.08. The molecule has 1 aliphatic heterocycles. The molecule has 1 aliphatic carbocycles. The van der Waals surface area contributed by atoms with Crippen molar-refractivity contribution in [2.75, 3.05) is 20.3 Å². The summed E-state index contributed by atoms with van der Waals surface area (Å²) in [5.41, 5.74) is 3.10. The number of ether oxygens (including phenoxy) is 1. The smallest absolute Gasteiger partial charge is 0.295 e. The Bertz CT molecular complexity index is 928. The lowest BCUT2D eigenvalue weighted by atomic mass is 9.89. The van der Waals surface area contributed by atoms with Gasteiger partial charge in [-0.1, -0.05) is 12.1 Å². The van der Waals surface area contributed by atoms with Crippen molar-refractivity contribution >= 4 is 17.4 Å². The van der Waals surface area contributed by atoms with Crippen molar-refractivity contribution in [3.63, 3.8) is 0 Å². The van der Waals surface area contributed by atoms with E-state index in [1.807, 2.05) is 18.2 Å². The van der Waals surface area contributed by atoms with Gasteiger partial charge in [-0.3, -0.25) is 9.59 Å². The Morgan fingerprint density at radius 2 is 2.00 bits per heavy atom. The molecule has 6 heteroatoms. The number of Topliss-reactive ketones (excluding diaryl/α,β-unsaturated/α-hetero) is 1. The molecule has 1 amide bonds. The van der Waals surface area contributed by atoms with Crippen LogP contribution in [0.1, 0.15) is 41.3 Å². The van der Waals surface area contributed by atoms with Crippen LogP contribution in [0.15, 0.2) is 46.6 Å². The van der Waals surface area contributed by atoms with Crippen LogP contribution in [0.5, 0.6) is 0 Å². The first-order chi connectivity index (χ1) is 13.6. The summed E-state index contributed by atoms with van der Waals surface area (Å²) in [6.07, 6.45) is 5.77. The van der Waals surface area contributed by atoms with Gasteiger partial charge in [0, 0.05) is 19.2 Å². The molecule has 0 saturated carbocycles. The molecular formula is C22H23NO5. The number of likely N-dealkylation sites (tertiary alicyclic amines) is 1. The lowest BCUT2D eigenvalue weighted by Crippen LogP contribution is -2.32. The van der Waals surface area contributed by atoms with Gasteiger partial charge < -0.3 is 19.2 Å². The number of hydrogen-bond acceptors (Lipinski definition) is 5. The predicted molar refractivity (Wildman–Crippen MR) is 103 cm³/mol. The zero-order valence-electron chi connectivity index (χ0n) is 15.8. The monoisotopic (exact) mass is 381 g/mol. The third-order valence-corrected chi connectivity index (χ3v) is 5.51. The molecule has 1 N–H and O–H groups in total. The molecule has 2 aliphatic rings. The third kappa shape index (κ3) is 3.14. The van der Waals surface area contributed by atoms with Gasteiger partial charge in [0.25, 0.3) is 11.7 Å². The van der Waals surface area contributed by atoms with Crippen molar-refractivity contribution in [3.05, 3.63) is 64.6 Å². The van der Waals surface area contributed by atoms with E-state index >= 15 is 0 Å². The summed E-state index contributed by atoms with van der Waals surface area (Å²) in [6.45, 7) is 0.510. The number of fused-ring (bicyclic) bond motifs is 1. The third-order valence-electron chi connectivity index (χ3n) is 5.51. The number of aliphatic hydroxyl groups is 1. The highest BCUT2D eigenvalue weighted by atomic mass is 16.5. The molecule has 1 unspecified atom stereocenters. The molecular weight excluding hydrogens is 358 g/mol. The minimum atomic E-state index is -0.763. The summed E-state index contributed by atoms with van der Waals surface area (Å²) in [5.74, 6) is -1.08. The lowest BCUT2D eigenvalue weighted by Gasteiger charge is -2.23. The number of aliphatic hydroxyl groups excluding tert-OH is 1. The largest absolute Gasteiger partial charge is 0.507 e. The maximum absolute atomic E-state index is 12.8. The molecule has 1 atom stereocenters. The van der Waals surface area contributed by atoms with Crippen LogP contribution >= 0.6 is 0 Å². The summed E-state index contributed by atoms with van der Waals surface area (Å²) in [4.78, 5) is 26.8. The van der Waals surface area contributed by atoms with E-state index in [1.165, 1.54) is 35.8 Å². The van der Waals surface area contributed by atoms with Gasteiger partial charge >= 0.3 is 0 Å². The highest BCUT2D eigenvalue weighted by molar-refractivity contribution is 6.46. The first-order valence-electron chi connectivity index (χ1n) is 9.54. The second kappa shape index (κ2) is 7.64. The average Bonchev–Trinajstić information content (AvgIpc) is 3.33. The maximum atomic E-state index is 12.8. The fraction of sp³-hybridized carbons (Fsp3) is 0.364. The minimum Gasteiger partial charge on any atom is -0.507 e. The second-order valence-corrected chi connectivity index (χ2v) is 7.19. The summed E-state index contributed by atoms with van der Waals surface area (Å²) >= 11 is 0. The molecule has 1 aromatic heterocycles. The van der Waals surface area contributed by atoms with Gasteiger partial charge in [0.05, 0.1) is 18.4 Å². The Kier molecular flexibility index (Phi) is 5.05. The first-order valence-corrected chi connectivity index (χ1v) is 9.54. The van der Waals surface area contributed by atoms with E-state index in [9.17, 15) is 14.7 Å². The molecule has 0 bridgehead atoms. The second-order valence-electron chi connectivity index (χ2n) is 7.19. The van der Waals surface area contributed by atoms with E-state index in [4.69, 9.17) is 9.15 Å². The molecule has 0 spiro atoms. The number of carbonyl (C=O) groups is 2. The Labute approximate surface area is 163 Å². The van der Waals surface area contributed by atoms with Crippen LogP contribution in [0.2, 0.25) is 0 Å². The van der Waals surface area contributed by atoms with Gasteiger partial charge in [-0.25, -0.2) is 0 Å². The quantitative estimate of drug-likeness (QED) is 0.489. The van der Waals surface area contributed by atoms with Crippen molar-refractivity contribution in [1.82, 2.24) is 4.90 Å². The van der Waals surface area contributed by atoms with Crippen molar-refractivity contribution in [1.29, 1.82) is 0 Å². The maximum Gasteiger partial charge on any atom is 0.295 e. The van der Waals surface area contributed by atoms with Crippen molar-refractivity contribution in [3.8, 4) is 0 Å². The number of methoxy groups -OCH3 is 1. The fourth-order valence-electron chi connectivity index (χ4n) is 4.08. The van der Waals surface area contributed by atoms with Crippen LogP contribution in [-0.4, -0.2) is 42.0 Å². The van der Waals surface area contributed by atoms with E-state index in [0.29, 0.717) is 11.3 Å². The van der Waals surface area contributed by atoms with Gasteiger partial charge in [0.2, 0.25) is 0 Å². The van der Waals surface area contributed by atoms with Crippen LogP contribution in [0, 0.1) is 0 Å². The molecule has 2 aromatic rings. The van der Waals surface area contributed by atoms with E-state index in [2.05, 4.69) is 0 Å². The van der Waals surface area contributed by atoms with Crippen molar-refractivity contribution < 1.29 is 23.8 Å². The van der Waals surface area contributed by atoms with Crippen molar-refractivity contribution in [2.24, 2.45) is 0 Å². The van der Waals surface area contributed by atoms with Crippen LogP contribution in [-0.2, 0) is 27.2 Å². The standard InChI is InChI=1S/C22H23NO5/c1-27-12-10-23-19(17-7-4-11-28-17)18(21(25)22(23)26)20(24)16-9-8-14-5-2-3-6-15(14)13-16/h4,7-9,11,13,19,24H,2-3,5-6,10,12H2,1H3/b20-18-. The van der Waals surface area contributed by atoms with E-state index in [-0.39, 0.29) is 24.5 Å². The van der Waals surface area contributed by atoms with Gasteiger partial charge in [-0.15, -0.1) is 0 Å². The molecule has 1 fully saturated rings. The van der Waals surface area contributed by atoms with E-state index in [0.717, 1.165) is 19.3 Å². The zero-order chi connectivity index (χ0) is 19.7. The highest BCUT2D eigenvalue weighted by Crippen LogP contribution is 2.39. The SMILES string of the molecule is COCCN1C(=O)C(=O)/C(=C(\O)c2ccc3c(c2)CCCC3)C1c1ccco1. The number of carbonyl (C=O) groups excluding carboxylic acids is 2. The molecule has 1 aromatic carbocycles. The van der Waals surface area contributed by atoms with Crippen LogP contribution < -0.4 is 0 Å². The molecule has 28 heavy (non-hydrogen) atoms. The van der Waals surface area contributed by atoms with Gasteiger partial charge in [-0.05, 0) is 55.0 Å². The molecule has 146 valence electrons. The number of benzene rings is 1. The first kappa shape index (κ1) is 18.5. The number of nitrogens with zero attached hydrogens (tertiary/aromatic N) is 1. The Morgan fingerprint density at radius 1 is 1.21 bits per heavy atom. The lowest BCUT2D eigenvalue weighted by molar-refractivity contribution is -0.140. The summed E-state index contributed by atoms with van der Waals surface area (Å²) in [5, 5.41) is 11.0. The molecule has 2 heterocycles. The topological polar surface area (TPSA) is 80.0 Å². The van der Waals surface area contributed by atoms with Crippen LogP contribution in [0.25, 0.3) is 5.76 Å². The van der Waals surface area contributed by atoms with E-state index < -0.39 is 17.7 Å². The molecule has 4 rings (SSSR count). The Hall–Kier alpha value is -2.86. The summed E-state index contributed by atoms with van der Waals surface area (Å²) in [7, 11) is 1.53. The number of amides is 1. The van der Waals surface area contributed by atoms with Crippen molar-refractivity contribution in [2.45, 2.75) is 31.7 Å². The average molecular weight is 381 g/mol. The van der Waals surface area contributed by atoms with Crippen LogP contribution in [0.4, 0.5) is 0 Å². The summed E-state index contributed by atoms with van der Waals surface area (Å²) in [6, 6.07) is 8.40. The normalized spacial score (nSPS) is 21.2. The summed E-state index contributed by atoms with van der Waals surface area (Å²) < 4.78 is 10.6. The number of furan rings is 1. The van der Waals surface area contributed by atoms with Crippen LogP contribution in [0.3, 0.4) is 0 Å². The van der Waals surface area contributed by atoms with E-state index in [1.54, 1.807) is 12.1 Å². The minimum absolute atomic E-state index is 0.0619. The Morgan fingerprint density at radius 3 is 2.71 bits per heavy atom. The van der Waals surface area contributed by atoms with Gasteiger partial charge in [0.15, 0.2) is 0 Å². The van der Waals surface area contributed by atoms with Gasteiger partial charge in [-0.2, -0.15) is 0 Å². The number of hydrogen-bond donors (Lipinski definition) is 1. The highest BCUT2D eigenvalue weighted by Gasteiger charge is 2.47. The number of ketones is 1. The zero-order valence-corrected chi connectivity index (χ0v) is 15.8. The predicted octanol–water partition coefficient (Wildman–Crippen LogP) is 3.23. The van der Waals surface area contributed by atoms with Gasteiger partial charge in [0.1, 0.15) is 17.6 Å². The molecule has 6 nitrogen and oxygen atoms in total. The molecule has 0 radical (unpaired) electrons.